The third-order valence-electron chi connectivity index (χ3n) is 5.77. The first-order valence-corrected chi connectivity index (χ1v) is 10.8. The number of nitrogens with one attached hydrogen (secondary N) is 2. The quantitative estimate of drug-likeness (QED) is 0.735. The molecule has 0 aliphatic carbocycles. The van der Waals surface area contributed by atoms with E-state index in [1.165, 1.54) is 12.1 Å². The molecule has 0 bridgehead atoms. The highest BCUT2D eigenvalue weighted by atomic mass is 19.1. The molecule has 166 valence electrons. The number of likely N-dealkylation sites (N-methyl/N-ethyl adjacent to an activating group) is 1. The number of ether oxygens (including phenoxy) is 1. The lowest BCUT2D eigenvalue weighted by Crippen LogP contribution is -2.47. The van der Waals surface area contributed by atoms with E-state index in [0.717, 1.165) is 49.5 Å². The van der Waals surface area contributed by atoms with Gasteiger partial charge in [-0.05, 0) is 49.7 Å². The number of fused-ring (bicyclic) bond motifs is 1. The Morgan fingerprint density at radius 2 is 2.00 bits per heavy atom. The SMILES string of the molecule is CC1COc2nc(C(=O)NCCN3CCN(C)CC3)c(Cc3ccc(F)cc3)cc2N1. The number of carbonyl (C=O) groups is 1. The molecule has 0 radical (unpaired) electrons. The van der Waals surface area contributed by atoms with Gasteiger partial charge in [0.05, 0.1) is 11.7 Å². The van der Waals surface area contributed by atoms with Gasteiger partial charge in [-0.15, -0.1) is 0 Å². The molecule has 2 aliphatic rings. The largest absolute Gasteiger partial charge is 0.474 e. The van der Waals surface area contributed by atoms with Gasteiger partial charge >= 0.3 is 0 Å². The number of benzene rings is 1. The van der Waals surface area contributed by atoms with E-state index in [2.05, 4.69) is 32.5 Å². The minimum atomic E-state index is -0.280. The van der Waals surface area contributed by atoms with Gasteiger partial charge in [-0.3, -0.25) is 9.69 Å². The van der Waals surface area contributed by atoms with Crippen molar-refractivity contribution in [1.29, 1.82) is 0 Å². The second kappa shape index (κ2) is 9.62. The van der Waals surface area contributed by atoms with Crippen LogP contribution in [0.15, 0.2) is 30.3 Å². The van der Waals surface area contributed by atoms with E-state index in [4.69, 9.17) is 4.74 Å². The maximum atomic E-state index is 13.3. The van der Waals surface area contributed by atoms with Gasteiger partial charge in [0.1, 0.15) is 18.1 Å². The summed E-state index contributed by atoms with van der Waals surface area (Å²) in [5.74, 6) is -0.0421. The van der Waals surface area contributed by atoms with Gasteiger partial charge in [-0.25, -0.2) is 9.37 Å². The van der Waals surface area contributed by atoms with Gasteiger partial charge in [-0.1, -0.05) is 12.1 Å². The van der Waals surface area contributed by atoms with Crippen LogP contribution in [-0.2, 0) is 6.42 Å². The summed E-state index contributed by atoms with van der Waals surface area (Å²) in [6.45, 7) is 8.02. The van der Waals surface area contributed by atoms with Crippen LogP contribution in [0.4, 0.5) is 10.1 Å². The number of aromatic nitrogens is 1. The molecule has 1 atom stereocenters. The van der Waals surface area contributed by atoms with Crippen molar-refractivity contribution in [2.45, 2.75) is 19.4 Å². The highest BCUT2D eigenvalue weighted by molar-refractivity contribution is 5.94. The highest BCUT2D eigenvalue weighted by Crippen LogP contribution is 2.30. The zero-order valence-corrected chi connectivity index (χ0v) is 18.2. The van der Waals surface area contributed by atoms with Crippen molar-refractivity contribution >= 4 is 11.6 Å². The fourth-order valence-corrected chi connectivity index (χ4v) is 3.90. The van der Waals surface area contributed by atoms with E-state index < -0.39 is 0 Å². The monoisotopic (exact) mass is 427 g/mol. The van der Waals surface area contributed by atoms with Crippen molar-refractivity contribution in [2.75, 3.05) is 58.2 Å². The Labute approximate surface area is 182 Å². The molecule has 31 heavy (non-hydrogen) atoms. The molecular formula is C23H30FN5O2. The molecule has 1 aromatic carbocycles. The van der Waals surface area contributed by atoms with E-state index in [1.807, 2.05) is 13.0 Å². The number of hydrogen-bond donors (Lipinski definition) is 2. The highest BCUT2D eigenvalue weighted by Gasteiger charge is 2.23. The topological polar surface area (TPSA) is 69.7 Å². The standard InChI is InChI=1S/C23H30FN5O2/c1-16-15-31-23-20(26-16)14-18(13-17-3-5-19(24)6-4-17)21(27-23)22(30)25-7-8-29-11-9-28(2)10-12-29/h3-6,14,16,26H,7-13,15H2,1-2H3,(H,25,30). The van der Waals surface area contributed by atoms with E-state index in [-0.39, 0.29) is 17.8 Å². The summed E-state index contributed by atoms with van der Waals surface area (Å²) in [4.78, 5) is 22.2. The molecule has 0 spiro atoms. The Balaban J connectivity index is 1.48. The van der Waals surface area contributed by atoms with Crippen LogP contribution in [0.5, 0.6) is 5.88 Å². The molecule has 7 nitrogen and oxygen atoms in total. The molecule has 0 saturated carbocycles. The van der Waals surface area contributed by atoms with Gasteiger partial charge < -0.3 is 20.3 Å². The number of halogens is 1. The summed E-state index contributed by atoms with van der Waals surface area (Å²) in [6.07, 6.45) is 0.484. The molecule has 1 aromatic heterocycles. The average molecular weight is 428 g/mol. The first kappa shape index (κ1) is 21.5. The van der Waals surface area contributed by atoms with Crippen molar-refractivity contribution < 1.29 is 13.9 Å². The van der Waals surface area contributed by atoms with Crippen LogP contribution in [0, 0.1) is 5.82 Å². The van der Waals surface area contributed by atoms with Crippen LogP contribution in [0.1, 0.15) is 28.5 Å². The fraction of sp³-hybridized carbons (Fsp3) is 0.478. The Bertz CT molecular complexity index is 913. The number of pyridine rings is 1. The lowest BCUT2D eigenvalue weighted by atomic mass is 10.0. The third-order valence-corrected chi connectivity index (χ3v) is 5.77. The van der Waals surface area contributed by atoms with E-state index >= 15 is 0 Å². The van der Waals surface area contributed by atoms with Gasteiger partial charge in [0.25, 0.3) is 5.91 Å². The van der Waals surface area contributed by atoms with Crippen molar-refractivity contribution in [3.63, 3.8) is 0 Å². The summed E-state index contributed by atoms with van der Waals surface area (Å²) in [7, 11) is 2.13. The van der Waals surface area contributed by atoms with Gasteiger partial charge in [0.2, 0.25) is 5.88 Å². The Morgan fingerprint density at radius 3 is 2.74 bits per heavy atom. The summed E-state index contributed by atoms with van der Waals surface area (Å²) >= 11 is 0. The second-order valence-electron chi connectivity index (χ2n) is 8.41. The number of anilines is 1. The predicted molar refractivity (Wildman–Crippen MR) is 118 cm³/mol. The van der Waals surface area contributed by atoms with Crippen LogP contribution in [0.25, 0.3) is 0 Å². The summed E-state index contributed by atoms with van der Waals surface area (Å²) in [6, 6.07) is 8.42. The van der Waals surface area contributed by atoms with Crippen molar-refractivity contribution in [2.24, 2.45) is 0 Å². The normalized spacial score (nSPS) is 19.3. The maximum Gasteiger partial charge on any atom is 0.270 e. The number of carbonyl (C=O) groups excluding carboxylic acids is 1. The number of nitrogens with zero attached hydrogens (tertiary/aromatic N) is 3. The molecule has 2 aliphatic heterocycles. The van der Waals surface area contributed by atoms with Crippen LogP contribution in [0.3, 0.4) is 0 Å². The molecule has 2 N–H and O–H groups in total. The summed E-state index contributed by atoms with van der Waals surface area (Å²) < 4.78 is 19.0. The number of rotatable bonds is 6. The summed E-state index contributed by atoms with van der Waals surface area (Å²) in [5, 5.41) is 6.38. The predicted octanol–water partition coefficient (Wildman–Crippen LogP) is 1.98. The number of amides is 1. The number of piperazine rings is 1. The van der Waals surface area contributed by atoms with Gasteiger partial charge in [0.15, 0.2) is 0 Å². The third kappa shape index (κ3) is 5.51. The Kier molecular flexibility index (Phi) is 6.67. The molecule has 1 saturated heterocycles. The molecular weight excluding hydrogens is 397 g/mol. The first-order chi connectivity index (χ1) is 15.0. The van der Waals surface area contributed by atoms with Gasteiger partial charge in [-0.2, -0.15) is 0 Å². The molecule has 3 heterocycles. The second-order valence-corrected chi connectivity index (χ2v) is 8.41. The number of hydrogen-bond acceptors (Lipinski definition) is 6. The first-order valence-electron chi connectivity index (χ1n) is 10.8. The van der Waals surface area contributed by atoms with E-state index in [1.54, 1.807) is 12.1 Å². The lowest BCUT2D eigenvalue weighted by Gasteiger charge is -2.32. The minimum Gasteiger partial charge on any atom is -0.474 e. The summed E-state index contributed by atoms with van der Waals surface area (Å²) in [5.41, 5.74) is 2.84. The average Bonchev–Trinajstić information content (AvgIpc) is 2.76. The van der Waals surface area contributed by atoms with Gasteiger partial charge in [0, 0.05) is 39.3 Å². The van der Waals surface area contributed by atoms with E-state index in [0.29, 0.717) is 31.1 Å². The maximum absolute atomic E-state index is 13.3. The minimum absolute atomic E-state index is 0.163. The smallest absolute Gasteiger partial charge is 0.270 e. The lowest BCUT2D eigenvalue weighted by molar-refractivity contribution is 0.0934. The molecule has 2 aromatic rings. The van der Waals surface area contributed by atoms with Crippen molar-refractivity contribution in [3.8, 4) is 5.88 Å². The molecule has 1 amide bonds. The van der Waals surface area contributed by atoms with Crippen LogP contribution >= 0.6 is 0 Å². The Morgan fingerprint density at radius 1 is 1.26 bits per heavy atom. The zero-order valence-electron chi connectivity index (χ0n) is 18.2. The van der Waals surface area contributed by atoms with Crippen LogP contribution in [0.2, 0.25) is 0 Å². The molecule has 4 rings (SSSR count). The molecule has 1 unspecified atom stereocenters. The van der Waals surface area contributed by atoms with Crippen molar-refractivity contribution in [1.82, 2.24) is 20.1 Å². The Hall–Kier alpha value is -2.71. The fourth-order valence-electron chi connectivity index (χ4n) is 3.90. The van der Waals surface area contributed by atoms with Crippen LogP contribution < -0.4 is 15.4 Å². The molecule has 8 heteroatoms. The zero-order chi connectivity index (χ0) is 21.8. The van der Waals surface area contributed by atoms with E-state index in [9.17, 15) is 9.18 Å². The van der Waals surface area contributed by atoms with Crippen molar-refractivity contribution in [3.05, 3.63) is 53.0 Å². The van der Waals surface area contributed by atoms with Crippen LogP contribution in [-0.4, -0.2) is 79.7 Å². The molecule has 1 fully saturated rings.